The predicted octanol–water partition coefficient (Wildman–Crippen LogP) is 3.59. The second-order valence-corrected chi connectivity index (χ2v) is 4.87. The molecule has 0 saturated heterocycles. The largest absolute Gasteiger partial charge is 0.493 e. The number of nitriles is 1. The minimum absolute atomic E-state index is 0.0748. The number of esters is 1. The predicted molar refractivity (Wildman–Crippen MR) is 88.1 cm³/mol. The molecule has 0 unspecified atom stereocenters. The van der Waals surface area contributed by atoms with Gasteiger partial charge in [0.25, 0.3) is 0 Å². The lowest BCUT2D eigenvalue weighted by Gasteiger charge is -2.10. The SMILES string of the molecule is COC(=O)/C=C/c1ccc(Oc2ccc(Cl)c(C#N)n2)c(OC)c1. The molecule has 1 aromatic carbocycles. The molecule has 0 N–H and O–H groups in total. The number of pyridine rings is 1. The molecule has 1 aromatic heterocycles. The highest BCUT2D eigenvalue weighted by Gasteiger charge is 2.09. The van der Waals surface area contributed by atoms with E-state index in [1.807, 2.05) is 6.07 Å². The number of hydrogen-bond acceptors (Lipinski definition) is 6. The Morgan fingerprint density at radius 2 is 2.04 bits per heavy atom. The smallest absolute Gasteiger partial charge is 0.330 e. The summed E-state index contributed by atoms with van der Waals surface area (Å²) in [6.45, 7) is 0. The van der Waals surface area contributed by atoms with E-state index in [-0.39, 0.29) is 16.6 Å². The molecule has 2 aromatic rings. The van der Waals surface area contributed by atoms with Crippen molar-refractivity contribution in [3.05, 3.63) is 52.7 Å². The molecule has 0 spiro atoms. The number of nitrogens with zero attached hydrogens (tertiary/aromatic N) is 2. The van der Waals surface area contributed by atoms with Crippen molar-refractivity contribution in [2.24, 2.45) is 0 Å². The van der Waals surface area contributed by atoms with Crippen molar-refractivity contribution in [2.75, 3.05) is 14.2 Å². The van der Waals surface area contributed by atoms with Gasteiger partial charge < -0.3 is 14.2 Å². The number of ether oxygens (including phenoxy) is 3. The lowest BCUT2D eigenvalue weighted by Crippen LogP contribution is -1.95. The Hall–Kier alpha value is -3.04. The van der Waals surface area contributed by atoms with Gasteiger partial charge in [0.2, 0.25) is 5.88 Å². The lowest BCUT2D eigenvalue weighted by molar-refractivity contribution is -0.134. The molecule has 0 aliphatic carbocycles. The molecular weight excluding hydrogens is 332 g/mol. The number of benzene rings is 1. The molecule has 0 aliphatic heterocycles. The summed E-state index contributed by atoms with van der Waals surface area (Å²) in [7, 11) is 2.80. The highest BCUT2D eigenvalue weighted by Crippen LogP contribution is 2.32. The summed E-state index contributed by atoms with van der Waals surface area (Å²) in [6.07, 6.45) is 2.89. The van der Waals surface area contributed by atoms with Gasteiger partial charge in [-0.25, -0.2) is 9.78 Å². The zero-order valence-corrected chi connectivity index (χ0v) is 13.7. The summed E-state index contributed by atoms with van der Waals surface area (Å²) in [4.78, 5) is 15.1. The normalized spacial score (nSPS) is 10.2. The van der Waals surface area contributed by atoms with Gasteiger partial charge in [0.05, 0.1) is 19.2 Å². The van der Waals surface area contributed by atoms with Crippen molar-refractivity contribution in [3.63, 3.8) is 0 Å². The van der Waals surface area contributed by atoms with E-state index in [2.05, 4.69) is 9.72 Å². The molecule has 0 saturated carbocycles. The monoisotopic (exact) mass is 344 g/mol. The fourth-order valence-electron chi connectivity index (χ4n) is 1.78. The first kappa shape index (κ1) is 17.3. The van der Waals surface area contributed by atoms with Crippen LogP contribution in [0.5, 0.6) is 17.4 Å². The van der Waals surface area contributed by atoms with Crippen LogP contribution in [-0.2, 0) is 9.53 Å². The van der Waals surface area contributed by atoms with Gasteiger partial charge in [-0.15, -0.1) is 0 Å². The zero-order valence-electron chi connectivity index (χ0n) is 12.9. The third kappa shape index (κ3) is 4.24. The molecule has 0 bridgehead atoms. The summed E-state index contributed by atoms with van der Waals surface area (Å²) in [5.74, 6) is 0.611. The second-order valence-electron chi connectivity index (χ2n) is 4.46. The number of carbonyl (C=O) groups excluding carboxylic acids is 1. The Morgan fingerprint density at radius 3 is 2.71 bits per heavy atom. The van der Waals surface area contributed by atoms with Gasteiger partial charge >= 0.3 is 5.97 Å². The highest BCUT2D eigenvalue weighted by molar-refractivity contribution is 6.31. The maximum absolute atomic E-state index is 11.1. The summed E-state index contributed by atoms with van der Waals surface area (Å²) >= 11 is 5.84. The first-order valence-electron chi connectivity index (χ1n) is 6.76. The van der Waals surface area contributed by atoms with E-state index in [0.717, 1.165) is 5.56 Å². The summed E-state index contributed by atoms with van der Waals surface area (Å²) in [6, 6.07) is 10.1. The van der Waals surface area contributed by atoms with Crippen molar-refractivity contribution < 1.29 is 19.0 Å². The average molecular weight is 345 g/mol. The van der Waals surface area contributed by atoms with Crippen LogP contribution in [0.15, 0.2) is 36.4 Å². The van der Waals surface area contributed by atoms with Crippen LogP contribution in [0.4, 0.5) is 0 Å². The van der Waals surface area contributed by atoms with Crippen molar-refractivity contribution in [1.29, 1.82) is 5.26 Å². The Balaban J connectivity index is 2.26. The van der Waals surface area contributed by atoms with E-state index in [9.17, 15) is 4.79 Å². The fourth-order valence-corrected chi connectivity index (χ4v) is 1.92. The van der Waals surface area contributed by atoms with Crippen LogP contribution in [0.1, 0.15) is 11.3 Å². The Morgan fingerprint density at radius 1 is 1.25 bits per heavy atom. The van der Waals surface area contributed by atoms with Crippen LogP contribution in [-0.4, -0.2) is 25.2 Å². The van der Waals surface area contributed by atoms with Gasteiger partial charge in [-0.05, 0) is 29.8 Å². The van der Waals surface area contributed by atoms with Gasteiger partial charge in [-0.1, -0.05) is 17.7 Å². The minimum Gasteiger partial charge on any atom is -0.493 e. The first-order valence-corrected chi connectivity index (χ1v) is 7.13. The molecule has 2 rings (SSSR count). The Labute approximate surface area is 143 Å². The van der Waals surface area contributed by atoms with Gasteiger partial charge in [-0.3, -0.25) is 0 Å². The molecule has 1 heterocycles. The van der Waals surface area contributed by atoms with E-state index < -0.39 is 5.97 Å². The maximum Gasteiger partial charge on any atom is 0.330 e. The summed E-state index contributed by atoms with van der Waals surface area (Å²) in [5, 5.41) is 9.20. The number of rotatable bonds is 5. The number of aromatic nitrogens is 1. The quantitative estimate of drug-likeness (QED) is 0.609. The highest BCUT2D eigenvalue weighted by atomic mass is 35.5. The third-order valence-electron chi connectivity index (χ3n) is 2.94. The first-order chi connectivity index (χ1) is 11.6. The van der Waals surface area contributed by atoms with Crippen LogP contribution >= 0.6 is 11.6 Å². The molecule has 6 nitrogen and oxygen atoms in total. The Kier molecular flexibility index (Phi) is 5.77. The topological polar surface area (TPSA) is 81.4 Å². The van der Waals surface area contributed by atoms with Crippen molar-refractivity contribution >= 4 is 23.6 Å². The van der Waals surface area contributed by atoms with E-state index in [0.29, 0.717) is 11.5 Å². The van der Waals surface area contributed by atoms with Gasteiger partial charge in [-0.2, -0.15) is 5.26 Å². The van der Waals surface area contributed by atoms with Gasteiger partial charge in [0, 0.05) is 12.1 Å². The van der Waals surface area contributed by atoms with Gasteiger partial charge in [0.1, 0.15) is 6.07 Å². The van der Waals surface area contributed by atoms with Gasteiger partial charge in [0.15, 0.2) is 17.2 Å². The fraction of sp³-hybridized carbons (Fsp3) is 0.118. The molecule has 7 heteroatoms. The van der Waals surface area contributed by atoms with E-state index in [1.54, 1.807) is 30.3 Å². The molecular formula is C17H13ClN2O4. The maximum atomic E-state index is 11.1. The van der Waals surface area contributed by atoms with Crippen LogP contribution in [0, 0.1) is 11.3 Å². The number of methoxy groups -OCH3 is 2. The van der Waals surface area contributed by atoms with Crippen molar-refractivity contribution in [2.45, 2.75) is 0 Å². The van der Waals surface area contributed by atoms with Crippen molar-refractivity contribution in [3.8, 4) is 23.4 Å². The molecule has 24 heavy (non-hydrogen) atoms. The minimum atomic E-state index is -0.455. The third-order valence-corrected chi connectivity index (χ3v) is 3.25. The van der Waals surface area contributed by atoms with Crippen LogP contribution in [0.25, 0.3) is 6.08 Å². The average Bonchev–Trinajstić information content (AvgIpc) is 2.61. The molecule has 0 fully saturated rings. The molecule has 0 aliphatic rings. The molecule has 122 valence electrons. The zero-order chi connectivity index (χ0) is 17.5. The standard InChI is InChI=1S/C17H13ClN2O4/c1-22-15-9-11(4-8-17(21)23-2)3-6-14(15)24-16-7-5-12(18)13(10-19)20-16/h3-9H,1-2H3/b8-4+. The van der Waals surface area contributed by atoms with Crippen LogP contribution < -0.4 is 9.47 Å². The lowest BCUT2D eigenvalue weighted by atomic mass is 10.2. The molecule has 0 atom stereocenters. The van der Waals surface area contributed by atoms with E-state index in [4.69, 9.17) is 26.3 Å². The van der Waals surface area contributed by atoms with E-state index in [1.165, 1.54) is 26.4 Å². The molecule has 0 amide bonds. The van der Waals surface area contributed by atoms with Crippen LogP contribution in [0.3, 0.4) is 0 Å². The summed E-state index contributed by atoms with van der Waals surface area (Å²) in [5.41, 5.74) is 0.803. The number of hydrogen-bond donors (Lipinski definition) is 0. The summed E-state index contributed by atoms with van der Waals surface area (Å²) < 4.78 is 15.5. The Bertz CT molecular complexity index is 828. The number of halogens is 1. The van der Waals surface area contributed by atoms with Crippen molar-refractivity contribution in [1.82, 2.24) is 4.98 Å². The van der Waals surface area contributed by atoms with Crippen LogP contribution in [0.2, 0.25) is 5.02 Å². The second kappa shape index (κ2) is 7.99. The molecule has 0 radical (unpaired) electrons. The van der Waals surface area contributed by atoms with E-state index >= 15 is 0 Å². The number of carbonyl (C=O) groups is 1.